The van der Waals surface area contributed by atoms with Gasteiger partial charge in [0.15, 0.2) is 5.82 Å². The van der Waals surface area contributed by atoms with Crippen LogP contribution in [0.2, 0.25) is 0 Å². The van der Waals surface area contributed by atoms with Gasteiger partial charge in [-0.3, -0.25) is 4.79 Å². The van der Waals surface area contributed by atoms with Crippen LogP contribution in [0.15, 0.2) is 18.2 Å². The third-order valence-corrected chi connectivity index (χ3v) is 2.78. The molecule has 1 aromatic heterocycles. The van der Waals surface area contributed by atoms with E-state index in [1.54, 1.807) is 32.4 Å². The zero-order chi connectivity index (χ0) is 14.0. The highest BCUT2D eigenvalue weighted by Gasteiger charge is 2.16. The number of carbonyl (C=O) groups excluding carboxylic acids is 1. The van der Waals surface area contributed by atoms with Crippen LogP contribution in [-0.2, 0) is 0 Å². The van der Waals surface area contributed by atoms with Gasteiger partial charge in [0, 0.05) is 11.3 Å². The second-order valence-corrected chi connectivity index (χ2v) is 3.99. The molecule has 1 amide bonds. The van der Waals surface area contributed by atoms with Crippen LogP contribution in [-0.4, -0.2) is 30.1 Å². The van der Waals surface area contributed by atoms with E-state index in [0.717, 1.165) is 11.3 Å². The quantitative estimate of drug-likeness (QED) is 0.872. The fraction of sp³-hybridized carbons (Fsp3) is 0.231. The third kappa shape index (κ3) is 2.37. The predicted octanol–water partition coefficient (Wildman–Crippen LogP) is 1.50. The molecule has 0 aliphatic carbocycles. The summed E-state index contributed by atoms with van der Waals surface area (Å²) in [6.45, 7) is 1.81. The SMILES string of the molecule is COc1ccc(OC)c(-c2nc(C(N)=O)[nH]c2C)c1. The van der Waals surface area contributed by atoms with Gasteiger partial charge in [-0.25, -0.2) is 4.98 Å². The lowest BCUT2D eigenvalue weighted by Crippen LogP contribution is -2.12. The molecule has 0 saturated heterocycles. The van der Waals surface area contributed by atoms with Crippen molar-refractivity contribution in [2.45, 2.75) is 6.92 Å². The van der Waals surface area contributed by atoms with Crippen LogP contribution in [0.4, 0.5) is 0 Å². The second-order valence-electron chi connectivity index (χ2n) is 3.99. The molecule has 19 heavy (non-hydrogen) atoms. The van der Waals surface area contributed by atoms with E-state index < -0.39 is 5.91 Å². The van der Waals surface area contributed by atoms with Gasteiger partial charge in [0.2, 0.25) is 0 Å². The maximum absolute atomic E-state index is 11.1. The fourth-order valence-electron chi connectivity index (χ4n) is 1.84. The number of nitrogens with zero attached hydrogens (tertiary/aromatic N) is 1. The number of aromatic amines is 1. The van der Waals surface area contributed by atoms with Gasteiger partial charge in [-0.2, -0.15) is 0 Å². The van der Waals surface area contributed by atoms with E-state index in [0.29, 0.717) is 17.2 Å². The first-order valence-corrected chi connectivity index (χ1v) is 5.65. The molecule has 6 nitrogen and oxygen atoms in total. The number of ether oxygens (including phenoxy) is 2. The number of amides is 1. The van der Waals surface area contributed by atoms with Crippen molar-refractivity contribution in [1.29, 1.82) is 0 Å². The van der Waals surface area contributed by atoms with Gasteiger partial charge >= 0.3 is 0 Å². The molecular formula is C13H15N3O3. The smallest absolute Gasteiger partial charge is 0.284 e. The van der Waals surface area contributed by atoms with Crippen LogP contribution in [0, 0.1) is 6.92 Å². The first-order valence-electron chi connectivity index (χ1n) is 5.65. The van der Waals surface area contributed by atoms with Crippen LogP contribution in [0.1, 0.15) is 16.3 Å². The molecule has 0 spiro atoms. The summed E-state index contributed by atoms with van der Waals surface area (Å²) >= 11 is 0. The van der Waals surface area contributed by atoms with E-state index >= 15 is 0 Å². The molecule has 0 saturated carbocycles. The minimum Gasteiger partial charge on any atom is -0.497 e. The average Bonchev–Trinajstić information content (AvgIpc) is 2.80. The lowest BCUT2D eigenvalue weighted by Gasteiger charge is -2.09. The summed E-state index contributed by atoms with van der Waals surface area (Å²) in [6, 6.07) is 5.37. The molecule has 3 N–H and O–H groups in total. The Morgan fingerprint density at radius 1 is 1.32 bits per heavy atom. The first kappa shape index (κ1) is 12.9. The number of carbonyl (C=O) groups is 1. The van der Waals surface area contributed by atoms with E-state index in [4.69, 9.17) is 15.2 Å². The molecule has 0 atom stereocenters. The lowest BCUT2D eigenvalue weighted by atomic mass is 10.1. The second kappa shape index (κ2) is 5.01. The molecular weight excluding hydrogens is 246 g/mol. The minimum atomic E-state index is -0.601. The number of rotatable bonds is 4. The van der Waals surface area contributed by atoms with E-state index in [2.05, 4.69) is 9.97 Å². The van der Waals surface area contributed by atoms with Crippen molar-refractivity contribution >= 4 is 5.91 Å². The Morgan fingerprint density at radius 2 is 2.05 bits per heavy atom. The lowest BCUT2D eigenvalue weighted by molar-refractivity contribution is 0.0991. The normalized spacial score (nSPS) is 10.3. The molecule has 0 aliphatic heterocycles. The monoisotopic (exact) mass is 261 g/mol. The number of imidazole rings is 1. The van der Waals surface area contributed by atoms with Crippen molar-refractivity contribution in [1.82, 2.24) is 9.97 Å². The molecule has 0 radical (unpaired) electrons. The van der Waals surface area contributed by atoms with E-state index in [-0.39, 0.29) is 5.82 Å². The Labute approximate surface area is 110 Å². The summed E-state index contributed by atoms with van der Waals surface area (Å²) in [6.07, 6.45) is 0. The summed E-state index contributed by atoms with van der Waals surface area (Å²) < 4.78 is 10.5. The Balaban J connectivity index is 2.59. The number of hydrogen-bond acceptors (Lipinski definition) is 4. The maximum Gasteiger partial charge on any atom is 0.284 e. The number of aryl methyl sites for hydroxylation is 1. The fourth-order valence-corrected chi connectivity index (χ4v) is 1.84. The van der Waals surface area contributed by atoms with Crippen molar-refractivity contribution in [3.8, 4) is 22.8 Å². The van der Waals surface area contributed by atoms with Crippen LogP contribution in [0.5, 0.6) is 11.5 Å². The number of benzene rings is 1. The average molecular weight is 261 g/mol. The number of methoxy groups -OCH3 is 2. The summed E-state index contributed by atoms with van der Waals surface area (Å²) in [5, 5.41) is 0. The van der Waals surface area contributed by atoms with Gasteiger partial charge in [0.25, 0.3) is 5.91 Å². The van der Waals surface area contributed by atoms with E-state index in [1.807, 2.05) is 6.92 Å². The number of nitrogens with one attached hydrogen (secondary N) is 1. The molecule has 0 aliphatic rings. The van der Waals surface area contributed by atoms with Crippen LogP contribution in [0.25, 0.3) is 11.3 Å². The van der Waals surface area contributed by atoms with Crippen LogP contribution < -0.4 is 15.2 Å². The van der Waals surface area contributed by atoms with Crippen molar-refractivity contribution in [3.05, 3.63) is 29.7 Å². The van der Waals surface area contributed by atoms with Crippen LogP contribution in [0.3, 0.4) is 0 Å². The molecule has 2 rings (SSSR count). The standard InChI is InChI=1S/C13H15N3O3/c1-7-11(16-13(15-7)12(14)17)9-6-8(18-2)4-5-10(9)19-3/h4-6H,1-3H3,(H2,14,17)(H,15,16). The highest BCUT2D eigenvalue weighted by atomic mass is 16.5. The van der Waals surface area contributed by atoms with Crippen molar-refractivity contribution in [2.24, 2.45) is 5.73 Å². The Bertz CT molecular complexity index is 620. The summed E-state index contributed by atoms with van der Waals surface area (Å²) in [5.41, 5.74) is 7.30. The largest absolute Gasteiger partial charge is 0.497 e. The van der Waals surface area contributed by atoms with Crippen LogP contribution >= 0.6 is 0 Å². The summed E-state index contributed by atoms with van der Waals surface area (Å²) in [7, 11) is 3.15. The van der Waals surface area contributed by atoms with Gasteiger partial charge in [0.1, 0.15) is 11.5 Å². The summed E-state index contributed by atoms with van der Waals surface area (Å²) in [5.74, 6) is 0.846. The van der Waals surface area contributed by atoms with Gasteiger partial charge in [-0.1, -0.05) is 0 Å². The molecule has 2 aromatic rings. The van der Waals surface area contributed by atoms with Gasteiger partial charge in [-0.15, -0.1) is 0 Å². The van der Waals surface area contributed by atoms with Crippen molar-refractivity contribution < 1.29 is 14.3 Å². The van der Waals surface area contributed by atoms with E-state index in [9.17, 15) is 4.79 Å². The Kier molecular flexibility index (Phi) is 3.41. The predicted molar refractivity (Wildman–Crippen MR) is 70.4 cm³/mol. The van der Waals surface area contributed by atoms with Gasteiger partial charge in [0.05, 0.1) is 19.9 Å². The third-order valence-electron chi connectivity index (χ3n) is 2.78. The van der Waals surface area contributed by atoms with Gasteiger partial charge < -0.3 is 20.2 Å². The highest BCUT2D eigenvalue weighted by Crippen LogP contribution is 2.33. The first-order chi connectivity index (χ1) is 9.06. The topological polar surface area (TPSA) is 90.2 Å². The Hall–Kier alpha value is -2.50. The Morgan fingerprint density at radius 3 is 2.58 bits per heavy atom. The van der Waals surface area contributed by atoms with Gasteiger partial charge in [-0.05, 0) is 25.1 Å². The number of hydrogen-bond donors (Lipinski definition) is 2. The number of primary amides is 1. The number of aromatic nitrogens is 2. The summed E-state index contributed by atoms with van der Waals surface area (Å²) in [4.78, 5) is 18.2. The highest BCUT2D eigenvalue weighted by molar-refractivity contribution is 5.90. The number of H-pyrrole nitrogens is 1. The molecule has 0 fully saturated rings. The molecule has 1 aromatic carbocycles. The van der Waals surface area contributed by atoms with Crippen molar-refractivity contribution in [2.75, 3.05) is 14.2 Å². The zero-order valence-electron chi connectivity index (χ0n) is 11.0. The van der Waals surface area contributed by atoms with E-state index in [1.165, 1.54) is 0 Å². The molecule has 6 heteroatoms. The molecule has 100 valence electrons. The molecule has 0 unspecified atom stereocenters. The molecule has 1 heterocycles. The zero-order valence-corrected chi connectivity index (χ0v) is 11.0. The minimum absolute atomic E-state index is 0.123. The van der Waals surface area contributed by atoms with Crippen molar-refractivity contribution in [3.63, 3.8) is 0 Å². The number of nitrogens with two attached hydrogens (primary N) is 1. The maximum atomic E-state index is 11.1. The molecule has 0 bridgehead atoms.